The molecule has 39 heavy (non-hydrogen) atoms. The van der Waals surface area contributed by atoms with Crippen LogP contribution in [0.4, 0.5) is 0 Å². The van der Waals surface area contributed by atoms with Gasteiger partial charge in [0.2, 0.25) is 0 Å². The molecule has 0 saturated carbocycles. The van der Waals surface area contributed by atoms with E-state index in [1.165, 1.54) is 70.8 Å². The topological polar surface area (TPSA) is 0 Å². The van der Waals surface area contributed by atoms with Crippen LogP contribution in [0, 0.1) is 0 Å². The first-order valence-electron chi connectivity index (χ1n) is 13.5. The van der Waals surface area contributed by atoms with Crippen molar-refractivity contribution < 1.29 is 0 Å². The lowest BCUT2D eigenvalue weighted by Crippen LogP contribution is -2.21. The number of benzene rings is 7. The van der Waals surface area contributed by atoms with E-state index < -0.39 is 7.92 Å². The van der Waals surface area contributed by atoms with Crippen molar-refractivity contribution in [2.45, 2.75) is 0 Å². The predicted molar refractivity (Wildman–Crippen MR) is 170 cm³/mol. The van der Waals surface area contributed by atoms with E-state index >= 15 is 0 Å². The van der Waals surface area contributed by atoms with E-state index in [0.717, 1.165) is 0 Å². The largest absolute Gasteiger partial charge is 0.0622 e. The summed E-state index contributed by atoms with van der Waals surface area (Å²) in [4.78, 5) is 0. The fourth-order valence-corrected chi connectivity index (χ4v) is 8.58. The molecule has 0 bridgehead atoms. The summed E-state index contributed by atoms with van der Waals surface area (Å²) in [7, 11) is -0.731. The molecule has 1 atom stereocenters. The average molecular weight is 513 g/mol. The maximum atomic E-state index is 2.40. The molecule has 0 radical (unpaired) electrons. The smallest absolute Gasteiger partial charge is 0.00197 e. The molecule has 1 heteroatoms. The van der Waals surface area contributed by atoms with E-state index in [0.29, 0.717) is 0 Å². The van der Waals surface area contributed by atoms with Gasteiger partial charge in [-0.1, -0.05) is 140 Å². The van der Waals surface area contributed by atoms with E-state index in [1.807, 2.05) is 0 Å². The summed E-state index contributed by atoms with van der Waals surface area (Å²) < 4.78 is 0. The quantitative estimate of drug-likeness (QED) is 0.206. The van der Waals surface area contributed by atoms with Gasteiger partial charge >= 0.3 is 0 Å². The van der Waals surface area contributed by atoms with Gasteiger partial charge in [-0.05, 0) is 90.9 Å². The van der Waals surface area contributed by atoms with Gasteiger partial charge in [-0.3, -0.25) is 0 Å². The van der Waals surface area contributed by atoms with Crippen LogP contribution in [-0.2, 0) is 0 Å². The highest BCUT2D eigenvalue weighted by atomic mass is 31.1. The van der Waals surface area contributed by atoms with Crippen LogP contribution in [0.3, 0.4) is 0 Å². The van der Waals surface area contributed by atoms with Crippen molar-refractivity contribution in [1.82, 2.24) is 0 Å². The molecule has 182 valence electrons. The van der Waals surface area contributed by atoms with Gasteiger partial charge in [-0.15, -0.1) is 0 Å². The third-order valence-corrected chi connectivity index (χ3v) is 10.5. The van der Waals surface area contributed by atoms with Gasteiger partial charge in [-0.25, -0.2) is 0 Å². The summed E-state index contributed by atoms with van der Waals surface area (Å²) in [5.74, 6) is 0. The van der Waals surface area contributed by atoms with E-state index in [2.05, 4.69) is 152 Å². The molecule has 0 saturated heterocycles. The van der Waals surface area contributed by atoms with Crippen LogP contribution < -0.4 is 15.9 Å². The van der Waals surface area contributed by atoms with Crippen molar-refractivity contribution in [3.63, 3.8) is 0 Å². The molecule has 0 aliphatic heterocycles. The predicted octanol–water partition coefficient (Wildman–Crippen LogP) is 9.07. The normalized spacial score (nSPS) is 12.5. The summed E-state index contributed by atoms with van der Waals surface area (Å²) >= 11 is 0. The summed E-state index contributed by atoms with van der Waals surface area (Å²) in [5, 5.41) is 9.52. The van der Waals surface area contributed by atoms with Gasteiger partial charge in [-0.2, -0.15) is 0 Å². The zero-order valence-corrected chi connectivity index (χ0v) is 22.3. The molecule has 1 aliphatic carbocycles. The molecular weight excluding hydrogens is 487 g/mol. The average Bonchev–Trinajstić information content (AvgIpc) is 3.32. The van der Waals surface area contributed by atoms with E-state index in [4.69, 9.17) is 0 Å². The second-order valence-corrected chi connectivity index (χ2v) is 12.4. The van der Waals surface area contributed by atoms with Crippen molar-refractivity contribution in [2.75, 3.05) is 0 Å². The van der Waals surface area contributed by atoms with Crippen LogP contribution in [0.5, 0.6) is 0 Å². The summed E-state index contributed by atoms with van der Waals surface area (Å²) in [5.41, 5.74) is 7.92. The molecule has 0 N–H and O–H groups in total. The van der Waals surface area contributed by atoms with Crippen molar-refractivity contribution in [3.8, 4) is 33.4 Å². The molecular formula is C38H25P. The van der Waals surface area contributed by atoms with Gasteiger partial charge in [0.15, 0.2) is 0 Å². The van der Waals surface area contributed by atoms with Gasteiger partial charge in [0, 0.05) is 0 Å². The van der Waals surface area contributed by atoms with Gasteiger partial charge in [0.05, 0.1) is 0 Å². The zero-order valence-electron chi connectivity index (χ0n) is 21.4. The molecule has 8 rings (SSSR count). The minimum absolute atomic E-state index is 0.731. The number of fused-ring (bicyclic) bond motifs is 4. The molecule has 0 spiro atoms. The summed E-state index contributed by atoms with van der Waals surface area (Å²) in [6.07, 6.45) is 0. The van der Waals surface area contributed by atoms with Crippen molar-refractivity contribution in [3.05, 3.63) is 152 Å². The lowest BCUT2D eigenvalue weighted by Gasteiger charge is -2.22. The Morgan fingerprint density at radius 1 is 0.359 bits per heavy atom. The lowest BCUT2D eigenvalue weighted by atomic mass is 9.99. The number of rotatable bonds is 4. The Labute approximate surface area is 230 Å². The maximum absolute atomic E-state index is 2.40. The van der Waals surface area contributed by atoms with E-state index in [9.17, 15) is 0 Å². The minimum Gasteiger partial charge on any atom is -0.0622 e. The highest BCUT2D eigenvalue weighted by Gasteiger charge is 2.26. The first-order valence-corrected chi connectivity index (χ1v) is 14.8. The molecule has 0 heterocycles. The summed E-state index contributed by atoms with van der Waals surface area (Å²) in [6, 6.07) is 56.0. The number of hydrogen-bond donors (Lipinski definition) is 0. The van der Waals surface area contributed by atoms with Gasteiger partial charge in [0.1, 0.15) is 0 Å². The Bertz CT molecular complexity index is 1940. The molecule has 0 amide bonds. The monoisotopic (exact) mass is 512 g/mol. The summed E-state index contributed by atoms with van der Waals surface area (Å²) in [6.45, 7) is 0. The number of hydrogen-bond acceptors (Lipinski definition) is 0. The SMILES string of the molecule is c1ccc(-c2ccc(P(c3ccccc3)c3ccc4c5c(cccc35)-c3cc5ccccc5cc3-4)cc2)cc1. The third-order valence-electron chi connectivity index (χ3n) is 7.97. The van der Waals surface area contributed by atoms with Crippen LogP contribution in [0.15, 0.2) is 152 Å². The fourth-order valence-electron chi connectivity index (χ4n) is 6.16. The second-order valence-electron chi connectivity index (χ2n) is 10.2. The van der Waals surface area contributed by atoms with Crippen LogP contribution in [-0.4, -0.2) is 0 Å². The second kappa shape index (κ2) is 9.05. The van der Waals surface area contributed by atoms with Crippen molar-refractivity contribution in [2.24, 2.45) is 0 Å². The lowest BCUT2D eigenvalue weighted by molar-refractivity contribution is 1.64. The van der Waals surface area contributed by atoms with Gasteiger partial charge in [0.25, 0.3) is 0 Å². The Morgan fingerprint density at radius 3 is 1.62 bits per heavy atom. The van der Waals surface area contributed by atoms with E-state index in [1.54, 1.807) is 0 Å². The highest BCUT2D eigenvalue weighted by molar-refractivity contribution is 7.80. The minimum atomic E-state index is -0.731. The standard InChI is InChI=1S/C38H25P/c1-3-10-26(11-4-1)27-18-20-31(21-19-27)39(30-14-5-2-6-15-30)37-23-22-33-36-25-29-13-8-7-12-28(29)24-35(36)32-16-9-17-34(37)38(32)33/h1-25H. The van der Waals surface area contributed by atoms with Crippen molar-refractivity contribution in [1.29, 1.82) is 0 Å². The Morgan fingerprint density at radius 2 is 0.923 bits per heavy atom. The van der Waals surface area contributed by atoms with Gasteiger partial charge < -0.3 is 0 Å². The van der Waals surface area contributed by atoms with E-state index in [-0.39, 0.29) is 0 Å². The molecule has 0 nitrogen and oxygen atoms in total. The highest BCUT2D eigenvalue weighted by Crippen LogP contribution is 2.50. The molecule has 7 aromatic rings. The Balaban J connectivity index is 1.33. The zero-order chi connectivity index (χ0) is 25.8. The van der Waals surface area contributed by atoms with Crippen LogP contribution in [0.1, 0.15) is 0 Å². The third kappa shape index (κ3) is 3.64. The molecule has 7 aromatic carbocycles. The molecule has 0 aromatic heterocycles. The van der Waals surface area contributed by atoms with Crippen molar-refractivity contribution >= 4 is 45.4 Å². The Hall–Kier alpha value is -4.51. The van der Waals surface area contributed by atoms with Crippen LogP contribution in [0.25, 0.3) is 54.9 Å². The first-order chi connectivity index (χ1) is 19.3. The fraction of sp³-hybridized carbons (Fsp3) is 0. The molecule has 1 aliphatic rings. The van der Waals surface area contributed by atoms with Crippen LogP contribution in [0.2, 0.25) is 0 Å². The molecule has 0 fully saturated rings. The first kappa shape index (κ1) is 22.5. The Kier molecular flexibility index (Phi) is 5.22. The maximum Gasteiger partial charge on any atom is -0.00197 e. The molecule has 1 unspecified atom stereocenters. The van der Waals surface area contributed by atoms with Crippen LogP contribution >= 0.6 is 7.92 Å².